The van der Waals surface area contributed by atoms with Crippen LogP contribution < -0.4 is 15.4 Å². The number of guanidine groups is 1. The summed E-state index contributed by atoms with van der Waals surface area (Å²) >= 11 is 0. The maximum absolute atomic E-state index is 12.7. The maximum atomic E-state index is 12.7. The maximum Gasteiger partial charge on any atom is 0.387 e. The fraction of sp³-hybridized carbons (Fsp3) is 0.476. The summed E-state index contributed by atoms with van der Waals surface area (Å²) in [6.07, 6.45) is 4.57. The highest BCUT2D eigenvalue weighted by Gasteiger charge is 2.16. The van der Waals surface area contributed by atoms with Crippen LogP contribution in [0.1, 0.15) is 29.7 Å². The molecule has 1 aromatic heterocycles. The number of ether oxygens (including phenoxy) is 2. The molecule has 1 unspecified atom stereocenters. The highest BCUT2D eigenvalue weighted by molar-refractivity contribution is 5.79. The van der Waals surface area contributed by atoms with E-state index in [2.05, 4.69) is 20.4 Å². The lowest BCUT2D eigenvalue weighted by Gasteiger charge is -2.16. The zero-order valence-corrected chi connectivity index (χ0v) is 16.5. The van der Waals surface area contributed by atoms with E-state index in [0.717, 1.165) is 30.8 Å². The summed E-state index contributed by atoms with van der Waals surface area (Å²) in [6, 6.07) is 8.86. The number of halogens is 2. The molecular formula is C21H27F2N3O3. The Hall–Kier alpha value is -2.61. The third kappa shape index (κ3) is 7.05. The Kier molecular flexibility index (Phi) is 7.86. The number of furan rings is 1. The van der Waals surface area contributed by atoms with Crippen LogP contribution in [-0.2, 0) is 17.7 Å². The van der Waals surface area contributed by atoms with Gasteiger partial charge in [-0.2, -0.15) is 8.78 Å². The van der Waals surface area contributed by atoms with Gasteiger partial charge in [0.25, 0.3) is 0 Å². The minimum Gasteiger partial charge on any atom is -0.469 e. The molecule has 3 rings (SSSR count). The molecule has 1 saturated heterocycles. The second-order valence-electron chi connectivity index (χ2n) is 6.93. The van der Waals surface area contributed by atoms with Gasteiger partial charge in [0.05, 0.1) is 18.9 Å². The Balaban J connectivity index is 1.64. The van der Waals surface area contributed by atoms with Crippen molar-refractivity contribution in [2.45, 2.75) is 45.4 Å². The summed E-state index contributed by atoms with van der Waals surface area (Å²) in [5.41, 5.74) is 1.56. The molecule has 0 aliphatic carbocycles. The standard InChI is InChI=1S/C21H27F2N3O3/c1-15-6-7-19(29-20(22)23)16(12-15)13-25-21(26-14-18-5-3-11-28-18)24-9-8-17-4-2-10-27-17/h2,4,6-7,10,12,18,20H,3,5,8-9,11,13-14H2,1H3,(H2,24,25,26). The highest BCUT2D eigenvalue weighted by Crippen LogP contribution is 2.23. The summed E-state index contributed by atoms with van der Waals surface area (Å²) < 4.78 is 41.0. The number of hydrogen-bond donors (Lipinski definition) is 2. The lowest BCUT2D eigenvalue weighted by Crippen LogP contribution is -2.41. The Labute approximate surface area is 169 Å². The lowest BCUT2D eigenvalue weighted by atomic mass is 10.1. The van der Waals surface area contributed by atoms with Gasteiger partial charge in [-0.05, 0) is 38.0 Å². The number of aryl methyl sites for hydroxylation is 1. The number of hydrogen-bond acceptors (Lipinski definition) is 4. The fourth-order valence-electron chi connectivity index (χ4n) is 3.16. The monoisotopic (exact) mass is 407 g/mol. The van der Waals surface area contributed by atoms with E-state index in [1.807, 2.05) is 25.1 Å². The molecule has 0 spiro atoms. The average Bonchev–Trinajstić information content (AvgIpc) is 3.39. The summed E-state index contributed by atoms with van der Waals surface area (Å²) in [5.74, 6) is 1.61. The molecule has 6 nitrogen and oxygen atoms in total. The second-order valence-corrected chi connectivity index (χ2v) is 6.93. The molecule has 0 amide bonds. The molecule has 0 radical (unpaired) electrons. The van der Waals surface area contributed by atoms with Crippen molar-refractivity contribution in [1.29, 1.82) is 0 Å². The normalized spacial score (nSPS) is 17.0. The highest BCUT2D eigenvalue weighted by atomic mass is 19.3. The van der Waals surface area contributed by atoms with Crippen molar-refractivity contribution in [3.63, 3.8) is 0 Å². The Morgan fingerprint density at radius 2 is 2.21 bits per heavy atom. The first kappa shape index (κ1) is 21.1. The van der Waals surface area contributed by atoms with Crippen molar-refractivity contribution in [3.8, 4) is 5.75 Å². The topological polar surface area (TPSA) is 68.0 Å². The summed E-state index contributed by atoms with van der Waals surface area (Å²) in [5, 5.41) is 6.54. The largest absolute Gasteiger partial charge is 0.469 e. The number of alkyl halides is 2. The zero-order valence-electron chi connectivity index (χ0n) is 16.5. The van der Waals surface area contributed by atoms with E-state index in [1.54, 1.807) is 18.4 Å². The molecule has 1 aliphatic rings. The molecule has 0 saturated carbocycles. The van der Waals surface area contributed by atoms with Crippen molar-refractivity contribution < 1.29 is 22.7 Å². The number of nitrogens with zero attached hydrogens (tertiary/aromatic N) is 1. The van der Waals surface area contributed by atoms with Gasteiger partial charge in [-0.15, -0.1) is 0 Å². The zero-order chi connectivity index (χ0) is 20.5. The first-order valence-electron chi connectivity index (χ1n) is 9.80. The molecule has 1 fully saturated rings. The predicted molar refractivity (Wildman–Crippen MR) is 106 cm³/mol. The van der Waals surface area contributed by atoms with Gasteiger partial charge in [0, 0.05) is 31.7 Å². The van der Waals surface area contributed by atoms with Crippen molar-refractivity contribution in [2.24, 2.45) is 4.99 Å². The molecule has 29 heavy (non-hydrogen) atoms. The molecule has 2 N–H and O–H groups in total. The van der Waals surface area contributed by atoms with Crippen LogP contribution in [-0.4, -0.2) is 38.4 Å². The van der Waals surface area contributed by atoms with Gasteiger partial charge in [-0.3, -0.25) is 0 Å². The van der Waals surface area contributed by atoms with E-state index in [0.29, 0.717) is 31.0 Å². The van der Waals surface area contributed by atoms with Crippen LogP contribution in [0.5, 0.6) is 5.75 Å². The third-order valence-electron chi connectivity index (χ3n) is 4.60. The molecule has 8 heteroatoms. The van der Waals surface area contributed by atoms with Crippen LogP contribution in [0.25, 0.3) is 0 Å². The van der Waals surface area contributed by atoms with Crippen LogP contribution in [0.4, 0.5) is 8.78 Å². The predicted octanol–water partition coefficient (Wildman–Crippen LogP) is 3.65. The molecule has 158 valence electrons. The van der Waals surface area contributed by atoms with Gasteiger partial charge in [-0.1, -0.05) is 17.7 Å². The first-order chi connectivity index (χ1) is 14.1. The quantitative estimate of drug-likeness (QED) is 0.491. The smallest absolute Gasteiger partial charge is 0.387 e. The molecule has 2 heterocycles. The SMILES string of the molecule is Cc1ccc(OC(F)F)c(CN=C(NCCc2ccco2)NCC2CCCO2)c1. The van der Waals surface area contributed by atoms with Gasteiger partial charge in [0.1, 0.15) is 11.5 Å². The van der Waals surface area contributed by atoms with E-state index < -0.39 is 6.61 Å². The lowest BCUT2D eigenvalue weighted by molar-refractivity contribution is -0.0504. The molecule has 1 aromatic carbocycles. The second kappa shape index (κ2) is 10.8. The Bertz CT molecular complexity index is 775. The van der Waals surface area contributed by atoms with Crippen molar-refractivity contribution in [1.82, 2.24) is 10.6 Å². The van der Waals surface area contributed by atoms with Crippen molar-refractivity contribution in [2.75, 3.05) is 19.7 Å². The number of aliphatic imine (C=N–C) groups is 1. The number of rotatable bonds is 9. The van der Waals surface area contributed by atoms with E-state index in [1.165, 1.54) is 0 Å². The van der Waals surface area contributed by atoms with Crippen LogP contribution >= 0.6 is 0 Å². The summed E-state index contributed by atoms with van der Waals surface area (Å²) in [7, 11) is 0. The van der Waals surface area contributed by atoms with E-state index in [4.69, 9.17) is 9.15 Å². The number of nitrogens with one attached hydrogen (secondary N) is 2. The van der Waals surface area contributed by atoms with Crippen molar-refractivity contribution in [3.05, 3.63) is 53.5 Å². The first-order valence-corrected chi connectivity index (χ1v) is 9.80. The van der Waals surface area contributed by atoms with Gasteiger partial charge in [0.2, 0.25) is 0 Å². The molecule has 1 aliphatic heterocycles. The molecular weight excluding hydrogens is 380 g/mol. The summed E-state index contributed by atoms with van der Waals surface area (Å²) in [4.78, 5) is 4.57. The number of benzene rings is 1. The van der Waals surface area contributed by atoms with Crippen LogP contribution in [0.2, 0.25) is 0 Å². The Morgan fingerprint density at radius 3 is 2.93 bits per heavy atom. The van der Waals surface area contributed by atoms with E-state index >= 15 is 0 Å². The molecule has 0 bridgehead atoms. The minimum absolute atomic E-state index is 0.142. The Morgan fingerprint density at radius 1 is 1.31 bits per heavy atom. The third-order valence-corrected chi connectivity index (χ3v) is 4.60. The fourth-order valence-corrected chi connectivity index (χ4v) is 3.16. The van der Waals surface area contributed by atoms with E-state index in [-0.39, 0.29) is 18.4 Å². The van der Waals surface area contributed by atoms with E-state index in [9.17, 15) is 8.78 Å². The minimum atomic E-state index is -2.87. The molecule has 2 aromatic rings. The molecule has 1 atom stereocenters. The van der Waals surface area contributed by atoms with Crippen LogP contribution in [0, 0.1) is 6.92 Å². The van der Waals surface area contributed by atoms with Gasteiger partial charge >= 0.3 is 6.61 Å². The average molecular weight is 407 g/mol. The van der Waals surface area contributed by atoms with Gasteiger partial charge < -0.3 is 24.5 Å². The van der Waals surface area contributed by atoms with Crippen LogP contribution in [0.15, 0.2) is 46.0 Å². The van der Waals surface area contributed by atoms with Gasteiger partial charge in [-0.25, -0.2) is 4.99 Å². The van der Waals surface area contributed by atoms with Crippen molar-refractivity contribution >= 4 is 5.96 Å². The van der Waals surface area contributed by atoms with Crippen LogP contribution in [0.3, 0.4) is 0 Å². The van der Waals surface area contributed by atoms with Gasteiger partial charge in [0.15, 0.2) is 5.96 Å². The summed E-state index contributed by atoms with van der Waals surface area (Å²) in [6.45, 7) is 1.29.